The van der Waals surface area contributed by atoms with E-state index >= 15 is 0 Å². The number of carbonyl (C=O) groups excluding carboxylic acids is 1. The number of rotatable bonds is 3. The molecule has 0 saturated carbocycles. The zero-order valence-electron chi connectivity index (χ0n) is 13.1. The number of hydrogen-bond acceptors (Lipinski definition) is 5. The van der Waals surface area contributed by atoms with Crippen LogP contribution < -0.4 is 5.56 Å². The van der Waals surface area contributed by atoms with E-state index in [9.17, 15) is 9.59 Å². The molecule has 0 fully saturated rings. The summed E-state index contributed by atoms with van der Waals surface area (Å²) in [5, 5.41) is 9.17. The van der Waals surface area contributed by atoms with E-state index in [4.69, 9.17) is 0 Å². The Labute approximate surface area is 132 Å². The Morgan fingerprint density at radius 2 is 2.00 bits per heavy atom. The van der Waals surface area contributed by atoms with Crippen molar-refractivity contribution in [1.29, 1.82) is 0 Å². The van der Waals surface area contributed by atoms with Gasteiger partial charge in [-0.15, -0.1) is 0 Å². The maximum Gasteiger partial charge on any atom is 0.327 e. The second kappa shape index (κ2) is 5.68. The maximum absolute atomic E-state index is 12.7. The number of carbonyl (C=O) groups is 1. The van der Waals surface area contributed by atoms with Crippen LogP contribution in [0.25, 0.3) is 16.6 Å². The molecule has 0 saturated heterocycles. The molecule has 3 aromatic rings. The lowest BCUT2D eigenvalue weighted by atomic mass is 10.2. The van der Waals surface area contributed by atoms with Crippen molar-refractivity contribution >= 4 is 16.9 Å². The van der Waals surface area contributed by atoms with Gasteiger partial charge in [0.05, 0.1) is 24.7 Å². The highest BCUT2D eigenvalue weighted by Gasteiger charge is 2.17. The lowest BCUT2D eigenvalue weighted by molar-refractivity contribution is -0.141. The Morgan fingerprint density at radius 1 is 1.26 bits per heavy atom. The number of para-hydroxylation sites is 1. The molecule has 0 amide bonds. The Balaban J connectivity index is 2.28. The van der Waals surface area contributed by atoms with E-state index in [0.717, 1.165) is 15.9 Å². The smallest absolute Gasteiger partial charge is 0.327 e. The van der Waals surface area contributed by atoms with Crippen molar-refractivity contribution in [2.45, 2.75) is 20.4 Å². The Morgan fingerprint density at radius 3 is 2.70 bits per heavy atom. The van der Waals surface area contributed by atoms with E-state index in [0.29, 0.717) is 16.6 Å². The molecule has 0 spiro atoms. The number of aromatic nitrogens is 4. The Kier molecular flexibility index (Phi) is 3.69. The Bertz CT molecular complexity index is 956. The lowest BCUT2D eigenvalue weighted by Crippen LogP contribution is -2.29. The minimum atomic E-state index is -0.527. The predicted octanol–water partition coefficient (Wildman–Crippen LogP) is 1.37. The molecule has 0 unspecified atom stereocenters. The van der Waals surface area contributed by atoms with Crippen molar-refractivity contribution in [3.05, 3.63) is 52.1 Å². The maximum atomic E-state index is 12.7. The quantitative estimate of drug-likeness (QED) is 0.683. The molecule has 3 rings (SSSR count). The summed E-state index contributed by atoms with van der Waals surface area (Å²) in [6, 6.07) is 7.65. The summed E-state index contributed by atoms with van der Waals surface area (Å²) in [7, 11) is 1.27. The van der Waals surface area contributed by atoms with Gasteiger partial charge in [-0.2, -0.15) is 10.2 Å². The first-order chi connectivity index (χ1) is 11.0. The summed E-state index contributed by atoms with van der Waals surface area (Å²) < 4.78 is 7.32. The SMILES string of the molecule is COC(=O)Cn1nc(C)c2cnn(-c3ccccc3C)c2c1=O. The molecule has 0 radical (unpaired) electrons. The third kappa shape index (κ3) is 2.50. The van der Waals surface area contributed by atoms with Crippen molar-refractivity contribution in [2.24, 2.45) is 0 Å². The fourth-order valence-corrected chi connectivity index (χ4v) is 2.50. The normalized spacial score (nSPS) is 10.9. The largest absolute Gasteiger partial charge is 0.468 e. The van der Waals surface area contributed by atoms with Gasteiger partial charge in [0, 0.05) is 5.39 Å². The minimum Gasteiger partial charge on any atom is -0.468 e. The van der Waals surface area contributed by atoms with Crippen LogP contribution in [0.3, 0.4) is 0 Å². The van der Waals surface area contributed by atoms with E-state index in [1.165, 1.54) is 7.11 Å². The van der Waals surface area contributed by atoms with Gasteiger partial charge in [0.15, 0.2) is 0 Å². The molecule has 118 valence electrons. The lowest BCUT2D eigenvalue weighted by Gasteiger charge is -2.09. The molecular formula is C16H16N4O3. The summed E-state index contributed by atoms with van der Waals surface area (Å²) in [4.78, 5) is 24.2. The van der Waals surface area contributed by atoms with Crippen molar-refractivity contribution in [1.82, 2.24) is 19.6 Å². The van der Waals surface area contributed by atoms with Crippen LogP contribution in [-0.4, -0.2) is 32.6 Å². The number of aryl methyl sites for hydroxylation is 2. The van der Waals surface area contributed by atoms with Crippen LogP contribution >= 0.6 is 0 Å². The van der Waals surface area contributed by atoms with Gasteiger partial charge >= 0.3 is 5.97 Å². The van der Waals surface area contributed by atoms with Crippen LogP contribution in [0.15, 0.2) is 35.3 Å². The van der Waals surface area contributed by atoms with E-state index in [1.54, 1.807) is 17.8 Å². The molecule has 2 aromatic heterocycles. The van der Waals surface area contributed by atoms with Gasteiger partial charge in [-0.1, -0.05) is 18.2 Å². The molecule has 0 bridgehead atoms. The zero-order valence-corrected chi connectivity index (χ0v) is 13.1. The van der Waals surface area contributed by atoms with Gasteiger partial charge in [0.1, 0.15) is 12.1 Å². The molecule has 2 heterocycles. The van der Waals surface area contributed by atoms with Gasteiger partial charge in [-0.3, -0.25) is 9.59 Å². The average Bonchev–Trinajstić information content (AvgIpc) is 2.98. The van der Waals surface area contributed by atoms with Crippen LogP contribution in [-0.2, 0) is 16.1 Å². The predicted molar refractivity (Wildman–Crippen MR) is 84.6 cm³/mol. The molecule has 1 aromatic carbocycles. The second-order valence-electron chi connectivity index (χ2n) is 5.23. The van der Waals surface area contributed by atoms with Crippen molar-refractivity contribution in [3.8, 4) is 5.69 Å². The highest BCUT2D eigenvalue weighted by atomic mass is 16.5. The van der Waals surface area contributed by atoms with E-state index in [-0.39, 0.29) is 12.1 Å². The van der Waals surface area contributed by atoms with Crippen molar-refractivity contribution in [3.63, 3.8) is 0 Å². The highest BCUT2D eigenvalue weighted by molar-refractivity contribution is 5.81. The molecule has 0 aliphatic rings. The average molecular weight is 312 g/mol. The first kappa shape index (κ1) is 15.0. The number of fused-ring (bicyclic) bond motifs is 1. The van der Waals surface area contributed by atoms with Crippen LogP contribution in [0.1, 0.15) is 11.3 Å². The minimum absolute atomic E-state index is 0.231. The van der Waals surface area contributed by atoms with Crippen molar-refractivity contribution in [2.75, 3.05) is 7.11 Å². The number of ether oxygens (including phenoxy) is 1. The van der Waals surface area contributed by atoms with Crippen molar-refractivity contribution < 1.29 is 9.53 Å². The number of nitrogens with zero attached hydrogens (tertiary/aromatic N) is 4. The van der Waals surface area contributed by atoms with E-state index in [2.05, 4.69) is 14.9 Å². The van der Waals surface area contributed by atoms with Gasteiger partial charge in [-0.05, 0) is 25.5 Å². The summed E-state index contributed by atoms with van der Waals surface area (Å²) in [6.45, 7) is 3.49. The molecule has 23 heavy (non-hydrogen) atoms. The number of methoxy groups -OCH3 is 1. The van der Waals surface area contributed by atoms with Gasteiger partial charge in [0.25, 0.3) is 5.56 Å². The highest BCUT2D eigenvalue weighted by Crippen LogP contribution is 2.19. The summed E-state index contributed by atoms with van der Waals surface area (Å²) in [6.07, 6.45) is 1.62. The monoisotopic (exact) mass is 312 g/mol. The molecule has 7 nitrogen and oxygen atoms in total. The van der Waals surface area contributed by atoms with Crippen LogP contribution in [0.5, 0.6) is 0 Å². The molecule has 0 N–H and O–H groups in total. The number of esters is 1. The van der Waals surface area contributed by atoms with Gasteiger partial charge in [-0.25, -0.2) is 9.36 Å². The molecule has 0 atom stereocenters. The van der Waals surface area contributed by atoms with Crippen LogP contribution in [0.4, 0.5) is 0 Å². The second-order valence-corrected chi connectivity index (χ2v) is 5.23. The number of benzene rings is 1. The van der Waals surface area contributed by atoms with Crippen LogP contribution in [0.2, 0.25) is 0 Å². The van der Waals surface area contributed by atoms with Crippen LogP contribution in [0, 0.1) is 13.8 Å². The number of hydrogen-bond donors (Lipinski definition) is 0. The fourth-order valence-electron chi connectivity index (χ4n) is 2.50. The molecular weight excluding hydrogens is 296 g/mol. The first-order valence-electron chi connectivity index (χ1n) is 7.11. The topological polar surface area (TPSA) is 79.0 Å². The van der Waals surface area contributed by atoms with Gasteiger partial charge < -0.3 is 4.74 Å². The standard InChI is InChI=1S/C16H16N4O3/c1-10-6-4-5-7-13(10)20-15-12(8-17-20)11(2)18-19(16(15)22)9-14(21)23-3/h4-8H,9H2,1-3H3. The summed E-state index contributed by atoms with van der Waals surface area (Å²) >= 11 is 0. The third-order valence-electron chi connectivity index (χ3n) is 3.72. The Hall–Kier alpha value is -2.96. The first-order valence-corrected chi connectivity index (χ1v) is 7.11. The van der Waals surface area contributed by atoms with Gasteiger partial charge in [0.2, 0.25) is 0 Å². The fraction of sp³-hybridized carbons (Fsp3) is 0.250. The molecule has 0 aliphatic heterocycles. The van der Waals surface area contributed by atoms with E-state index in [1.807, 2.05) is 31.2 Å². The van der Waals surface area contributed by atoms with E-state index < -0.39 is 5.97 Å². The molecule has 0 aliphatic carbocycles. The molecule has 7 heteroatoms. The third-order valence-corrected chi connectivity index (χ3v) is 3.72. The summed E-state index contributed by atoms with van der Waals surface area (Å²) in [5.41, 5.74) is 2.46. The summed E-state index contributed by atoms with van der Waals surface area (Å²) in [5.74, 6) is -0.527. The zero-order chi connectivity index (χ0) is 16.6.